The van der Waals surface area contributed by atoms with E-state index in [0.29, 0.717) is 0 Å². The maximum absolute atomic E-state index is 12.8. The van der Waals surface area contributed by atoms with Crippen molar-refractivity contribution in [3.63, 3.8) is 0 Å². The number of hydrogen-bond acceptors (Lipinski definition) is 5. The van der Waals surface area contributed by atoms with Crippen LogP contribution in [-0.4, -0.2) is 27.3 Å². The molecular formula is C11H7FN4O2S. The van der Waals surface area contributed by atoms with Crippen molar-refractivity contribution in [2.24, 2.45) is 0 Å². The number of rotatable bonds is 2. The minimum atomic E-state index is -3.83. The fourth-order valence-electron chi connectivity index (χ4n) is 1.65. The Morgan fingerprint density at radius 2 is 1.84 bits per heavy atom. The number of imidazole rings is 1. The number of halogens is 1. The van der Waals surface area contributed by atoms with Crippen LogP contribution in [0.2, 0.25) is 0 Å². The van der Waals surface area contributed by atoms with Gasteiger partial charge in [0, 0.05) is 0 Å². The first kappa shape index (κ1) is 11.7. The van der Waals surface area contributed by atoms with Gasteiger partial charge < -0.3 is 0 Å². The lowest BCUT2D eigenvalue weighted by atomic mass is 10.4. The maximum atomic E-state index is 12.8. The summed E-state index contributed by atoms with van der Waals surface area (Å²) in [6.07, 6.45) is 3.79. The SMILES string of the molecule is O=S(=O)(c1ccc(F)cc1)n1cnc2ncncc21. The van der Waals surface area contributed by atoms with Crippen molar-refractivity contribution in [3.05, 3.63) is 48.9 Å². The van der Waals surface area contributed by atoms with Gasteiger partial charge in [0.1, 0.15) is 24.0 Å². The predicted octanol–water partition coefficient (Wildman–Crippen LogP) is 1.20. The molecule has 0 amide bonds. The van der Waals surface area contributed by atoms with Crippen molar-refractivity contribution in [2.45, 2.75) is 4.90 Å². The Kier molecular flexibility index (Phi) is 2.53. The maximum Gasteiger partial charge on any atom is 0.269 e. The monoisotopic (exact) mass is 278 g/mol. The van der Waals surface area contributed by atoms with E-state index >= 15 is 0 Å². The van der Waals surface area contributed by atoms with E-state index in [9.17, 15) is 12.8 Å². The number of benzene rings is 1. The van der Waals surface area contributed by atoms with E-state index in [0.717, 1.165) is 22.4 Å². The molecule has 0 aliphatic carbocycles. The van der Waals surface area contributed by atoms with E-state index in [2.05, 4.69) is 15.0 Å². The molecule has 96 valence electrons. The molecule has 0 fully saturated rings. The van der Waals surface area contributed by atoms with Gasteiger partial charge in [-0.05, 0) is 24.3 Å². The smallest absolute Gasteiger partial charge is 0.242 e. The van der Waals surface area contributed by atoms with Gasteiger partial charge in [-0.1, -0.05) is 0 Å². The zero-order valence-corrected chi connectivity index (χ0v) is 10.2. The Morgan fingerprint density at radius 3 is 2.58 bits per heavy atom. The number of fused-ring (bicyclic) bond motifs is 1. The minimum Gasteiger partial charge on any atom is -0.242 e. The second-order valence-electron chi connectivity index (χ2n) is 3.73. The van der Waals surface area contributed by atoms with Gasteiger partial charge >= 0.3 is 0 Å². The van der Waals surface area contributed by atoms with Gasteiger partial charge in [0.2, 0.25) is 0 Å². The second-order valence-corrected chi connectivity index (χ2v) is 5.55. The third-order valence-corrected chi connectivity index (χ3v) is 4.24. The first-order valence-corrected chi connectivity index (χ1v) is 6.67. The molecule has 0 saturated carbocycles. The summed E-state index contributed by atoms with van der Waals surface area (Å²) < 4.78 is 38.5. The predicted molar refractivity (Wildman–Crippen MR) is 64.3 cm³/mol. The van der Waals surface area contributed by atoms with Crippen LogP contribution in [0.5, 0.6) is 0 Å². The van der Waals surface area contributed by atoms with Crippen LogP contribution >= 0.6 is 0 Å². The normalized spacial score (nSPS) is 11.8. The van der Waals surface area contributed by atoms with Gasteiger partial charge in [0.25, 0.3) is 10.0 Å². The highest BCUT2D eigenvalue weighted by Gasteiger charge is 2.20. The summed E-state index contributed by atoms with van der Waals surface area (Å²) >= 11 is 0. The van der Waals surface area contributed by atoms with Crippen molar-refractivity contribution >= 4 is 21.2 Å². The Morgan fingerprint density at radius 1 is 1.11 bits per heavy atom. The number of hydrogen-bond donors (Lipinski definition) is 0. The van der Waals surface area contributed by atoms with Crippen LogP contribution in [0.3, 0.4) is 0 Å². The molecule has 0 aliphatic heterocycles. The van der Waals surface area contributed by atoms with Crippen LogP contribution in [0.4, 0.5) is 4.39 Å². The van der Waals surface area contributed by atoms with Crippen LogP contribution in [-0.2, 0) is 10.0 Å². The lowest BCUT2D eigenvalue weighted by Crippen LogP contribution is -2.12. The van der Waals surface area contributed by atoms with Gasteiger partial charge in [-0.25, -0.2) is 31.7 Å². The van der Waals surface area contributed by atoms with Gasteiger partial charge in [0.15, 0.2) is 5.65 Å². The van der Waals surface area contributed by atoms with Crippen LogP contribution in [0, 0.1) is 5.82 Å². The molecule has 3 aromatic rings. The van der Waals surface area contributed by atoms with Crippen molar-refractivity contribution in [3.8, 4) is 0 Å². The largest absolute Gasteiger partial charge is 0.269 e. The van der Waals surface area contributed by atoms with E-state index < -0.39 is 15.8 Å². The van der Waals surface area contributed by atoms with Crippen molar-refractivity contribution in [2.75, 3.05) is 0 Å². The lowest BCUT2D eigenvalue weighted by molar-refractivity contribution is 0.587. The molecule has 0 unspecified atom stereocenters. The van der Waals surface area contributed by atoms with Gasteiger partial charge in [-0.2, -0.15) is 0 Å². The molecule has 6 nitrogen and oxygen atoms in total. The number of nitrogens with zero attached hydrogens (tertiary/aromatic N) is 4. The Hall–Kier alpha value is -2.35. The van der Waals surface area contributed by atoms with Crippen LogP contribution in [0.1, 0.15) is 0 Å². The lowest BCUT2D eigenvalue weighted by Gasteiger charge is -2.05. The summed E-state index contributed by atoms with van der Waals surface area (Å²) in [5.41, 5.74) is 0.549. The summed E-state index contributed by atoms with van der Waals surface area (Å²) in [6.45, 7) is 0. The van der Waals surface area contributed by atoms with Crippen LogP contribution in [0.15, 0.2) is 48.0 Å². The van der Waals surface area contributed by atoms with E-state index in [1.807, 2.05) is 0 Å². The molecule has 8 heteroatoms. The summed E-state index contributed by atoms with van der Waals surface area (Å²) in [7, 11) is -3.83. The summed E-state index contributed by atoms with van der Waals surface area (Å²) in [5.74, 6) is -0.502. The third-order valence-electron chi connectivity index (χ3n) is 2.57. The molecule has 0 spiro atoms. The molecule has 2 aromatic heterocycles. The van der Waals surface area contributed by atoms with Crippen LogP contribution < -0.4 is 0 Å². The van der Waals surface area contributed by atoms with Gasteiger partial charge in [-0.15, -0.1) is 0 Å². The zero-order valence-electron chi connectivity index (χ0n) is 9.43. The molecular weight excluding hydrogens is 271 g/mol. The molecule has 3 rings (SSSR count). The van der Waals surface area contributed by atoms with Gasteiger partial charge in [0.05, 0.1) is 11.1 Å². The highest BCUT2D eigenvalue weighted by molar-refractivity contribution is 7.90. The summed E-state index contributed by atoms with van der Waals surface area (Å²) in [4.78, 5) is 11.5. The van der Waals surface area contributed by atoms with E-state index in [1.54, 1.807) is 0 Å². The fourth-order valence-corrected chi connectivity index (χ4v) is 2.92. The van der Waals surface area contributed by atoms with Crippen molar-refractivity contribution in [1.29, 1.82) is 0 Å². The minimum absolute atomic E-state index is 0.0305. The van der Waals surface area contributed by atoms with Crippen molar-refractivity contribution < 1.29 is 12.8 Å². The van der Waals surface area contributed by atoms with Crippen molar-refractivity contribution in [1.82, 2.24) is 18.9 Å². The zero-order chi connectivity index (χ0) is 13.5. The standard InChI is InChI=1S/C11H7FN4O2S/c12-8-1-3-9(4-2-8)19(17,18)16-7-15-11-10(16)5-13-6-14-11/h1-7H. The van der Waals surface area contributed by atoms with E-state index in [4.69, 9.17) is 0 Å². The molecule has 0 aliphatic rings. The molecule has 0 N–H and O–H groups in total. The topological polar surface area (TPSA) is 77.7 Å². The highest BCUT2D eigenvalue weighted by atomic mass is 32.2. The molecule has 0 bridgehead atoms. The first-order valence-electron chi connectivity index (χ1n) is 5.23. The van der Waals surface area contributed by atoms with Gasteiger partial charge in [-0.3, -0.25) is 0 Å². The molecule has 2 heterocycles. The molecule has 1 aromatic carbocycles. The van der Waals surface area contributed by atoms with Crippen LogP contribution in [0.25, 0.3) is 11.2 Å². The quantitative estimate of drug-likeness (QED) is 0.704. The molecule has 0 atom stereocenters. The second kappa shape index (κ2) is 4.09. The average Bonchev–Trinajstić information content (AvgIpc) is 2.83. The van der Waals surface area contributed by atoms with E-state index in [1.165, 1.54) is 24.7 Å². The molecule has 0 saturated heterocycles. The highest BCUT2D eigenvalue weighted by Crippen LogP contribution is 2.18. The number of aromatic nitrogens is 4. The summed E-state index contributed by atoms with van der Waals surface area (Å²) in [5, 5.41) is 0. The molecule has 0 radical (unpaired) electrons. The van der Waals surface area contributed by atoms with E-state index in [-0.39, 0.29) is 16.1 Å². The Balaban J connectivity index is 2.22. The molecule has 19 heavy (non-hydrogen) atoms. The Bertz CT molecular complexity index is 843. The third kappa shape index (κ3) is 1.85. The first-order chi connectivity index (χ1) is 9.09. The summed E-state index contributed by atoms with van der Waals surface area (Å²) in [6, 6.07) is 4.56. The fraction of sp³-hybridized carbons (Fsp3) is 0. The Labute approximate surface area is 107 Å². The average molecular weight is 278 g/mol.